The molecule has 0 spiro atoms. The molecule has 0 saturated heterocycles. The zero-order valence-corrected chi connectivity index (χ0v) is 16.3. The summed E-state index contributed by atoms with van der Waals surface area (Å²) in [5.74, 6) is 1.58. The lowest BCUT2D eigenvalue weighted by molar-refractivity contribution is 0.528. The van der Waals surface area contributed by atoms with Gasteiger partial charge in [-0.25, -0.2) is 4.98 Å². The molecule has 0 fully saturated rings. The molecule has 0 bridgehead atoms. The van der Waals surface area contributed by atoms with Crippen LogP contribution in [0.4, 0.5) is 0 Å². The van der Waals surface area contributed by atoms with Gasteiger partial charge in [0.1, 0.15) is 6.07 Å². The van der Waals surface area contributed by atoms with Gasteiger partial charge >= 0.3 is 0 Å². The number of fused-ring (bicyclic) bond motifs is 3. The second-order valence-corrected chi connectivity index (χ2v) is 7.56. The molecule has 0 N–H and O–H groups in total. The van der Waals surface area contributed by atoms with Crippen LogP contribution in [0.3, 0.4) is 0 Å². The van der Waals surface area contributed by atoms with Gasteiger partial charge in [0.15, 0.2) is 5.65 Å². The van der Waals surface area contributed by atoms with E-state index in [4.69, 9.17) is 4.42 Å². The average molecular weight is 397 g/mol. The fourth-order valence-electron chi connectivity index (χ4n) is 3.30. The van der Waals surface area contributed by atoms with Crippen LogP contribution in [0.15, 0.2) is 70.1 Å². The van der Waals surface area contributed by atoms with Crippen molar-refractivity contribution in [3.8, 4) is 17.5 Å². The lowest BCUT2D eigenvalue weighted by Gasteiger charge is -2.08. The molecule has 3 heterocycles. The molecule has 3 aromatic heterocycles. The highest BCUT2D eigenvalue weighted by molar-refractivity contribution is 7.98. The van der Waals surface area contributed by atoms with Gasteiger partial charge in [-0.2, -0.15) is 5.26 Å². The summed E-state index contributed by atoms with van der Waals surface area (Å²) in [5, 5.41) is 18.9. The van der Waals surface area contributed by atoms with Crippen molar-refractivity contribution >= 4 is 28.4 Å². The topological polar surface area (TPSA) is 80.0 Å². The minimum absolute atomic E-state index is 0.510. The van der Waals surface area contributed by atoms with E-state index in [2.05, 4.69) is 21.3 Å². The third-order valence-electron chi connectivity index (χ3n) is 4.68. The monoisotopic (exact) mass is 397 g/mol. The molecule has 0 unspecified atom stereocenters. The summed E-state index contributed by atoms with van der Waals surface area (Å²) >= 11 is 1.58. The summed E-state index contributed by atoms with van der Waals surface area (Å²) in [7, 11) is 0. The second-order valence-electron chi connectivity index (χ2n) is 6.57. The van der Waals surface area contributed by atoms with Gasteiger partial charge in [0.05, 0.1) is 27.4 Å². The molecule has 140 valence electrons. The lowest BCUT2D eigenvalue weighted by atomic mass is 10.2. The number of para-hydroxylation sites is 2. The lowest BCUT2D eigenvalue weighted by Crippen LogP contribution is -1.97. The normalized spacial score (nSPS) is 11.2. The standard InChI is InChI=1S/C22H15N5OS/c1-14-11-20(27-18-10-6-5-9-17(18)24-21(27)16(14)12-23)29-13-19-25-26-22(28-19)15-7-3-2-4-8-15/h2-11H,13H2,1H3. The summed E-state index contributed by atoms with van der Waals surface area (Å²) in [6.07, 6.45) is 0. The number of imidazole rings is 1. The number of rotatable bonds is 4. The maximum atomic E-state index is 9.61. The number of aromatic nitrogens is 4. The van der Waals surface area contributed by atoms with Crippen LogP contribution in [0.5, 0.6) is 0 Å². The Labute approximate surface area is 170 Å². The fraction of sp³-hybridized carbons (Fsp3) is 0.0909. The predicted octanol–water partition coefficient (Wildman–Crippen LogP) is 5.01. The van der Waals surface area contributed by atoms with E-state index >= 15 is 0 Å². The zero-order valence-electron chi connectivity index (χ0n) is 15.5. The van der Waals surface area contributed by atoms with Gasteiger partial charge in [-0.15, -0.1) is 10.2 Å². The predicted molar refractivity (Wildman–Crippen MR) is 111 cm³/mol. The van der Waals surface area contributed by atoms with Crippen LogP contribution in [-0.4, -0.2) is 19.6 Å². The number of aryl methyl sites for hydroxylation is 1. The first-order chi connectivity index (χ1) is 14.2. The first-order valence-electron chi connectivity index (χ1n) is 9.06. The Morgan fingerprint density at radius 3 is 2.69 bits per heavy atom. The zero-order chi connectivity index (χ0) is 19.8. The van der Waals surface area contributed by atoms with E-state index in [1.807, 2.05) is 72.0 Å². The van der Waals surface area contributed by atoms with E-state index in [0.29, 0.717) is 28.7 Å². The van der Waals surface area contributed by atoms with Gasteiger partial charge in [-0.05, 0) is 42.8 Å². The number of nitriles is 1. The maximum Gasteiger partial charge on any atom is 0.247 e. The van der Waals surface area contributed by atoms with Crippen molar-refractivity contribution in [1.82, 2.24) is 19.6 Å². The smallest absolute Gasteiger partial charge is 0.247 e. The van der Waals surface area contributed by atoms with Crippen molar-refractivity contribution in [3.05, 3.63) is 77.7 Å². The van der Waals surface area contributed by atoms with Crippen molar-refractivity contribution in [1.29, 1.82) is 5.26 Å². The van der Waals surface area contributed by atoms with Crippen LogP contribution in [0.1, 0.15) is 17.0 Å². The molecule has 5 aromatic rings. The van der Waals surface area contributed by atoms with Crippen LogP contribution < -0.4 is 0 Å². The summed E-state index contributed by atoms with van der Waals surface area (Å²) in [6.45, 7) is 1.93. The van der Waals surface area contributed by atoms with Crippen LogP contribution in [0.2, 0.25) is 0 Å². The van der Waals surface area contributed by atoms with Crippen molar-refractivity contribution in [3.63, 3.8) is 0 Å². The van der Waals surface area contributed by atoms with Crippen LogP contribution in [0, 0.1) is 18.3 Å². The number of pyridine rings is 1. The molecule has 0 saturated carbocycles. The summed E-state index contributed by atoms with van der Waals surface area (Å²) in [6, 6.07) is 21.9. The number of nitrogens with zero attached hydrogens (tertiary/aromatic N) is 5. The first-order valence-corrected chi connectivity index (χ1v) is 10.0. The van der Waals surface area contributed by atoms with E-state index in [1.54, 1.807) is 11.8 Å². The Bertz CT molecular complexity index is 1380. The van der Waals surface area contributed by atoms with Crippen molar-refractivity contribution < 1.29 is 4.42 Å². The number of hydrogen-bond donors (Lipinski definition) is 0. The summed E-state index contributed by atoms with van der Waals surface area (Å²) in [5.41, 5.74) is 4.89. The molecule has 6 nitrogen and oxygen atoms in total. The van der Waals surface area contributed by atoms with Crippen molar-refractivity contribution in [2.75, 3.05) is 0 Å². The summed E-state index contributed by atoms with van der Waals surface area (Å²) < 4.78 is 7.86. The quantitative estimate of drug-likeness (QED) is 0.397. The van der Waals surface area contributed by atoms with Gasteiger partial charge in [0, 0.05) is 5.56 Å². The minimum atomic E-state index is 0.510. The van der Waals surface area contributed by atoms with E-state index in [9.17, 15) is 5.26 Å². The van der Waals surface area contributed by atoms with E-state index in [1.165, 1.54) is 0 Å². The van der Waals surface area contributed by atoms with Gasteiger partial charge in [0.2, 0.25) is 11.8 Å². The third kappa shape index (κ3) is 3.04. The molecule has 0 aliphatic heterocycles. The van der Waals surface area contributed by atoms with Gasteiger partial charge < -0.3 is 4.42 Å². The molecule has 0 aliphatic rings. The van der Waals surface area contributed by atoms with Gasteiger partial charge in [0.25, 0.3) is 0 Å². The third-order valence-corrected chi connectivity index (χ3v) is 5.67. The van der Waals surface area contributed by atoms with E-state index in [0.717, 1.165) is 27.2 Å². The Morgan fingerprint density at radius 2 is 1.86 bits per heavy atom. The van der Waals surface area contributed by atoms with Crippen LogP contribution in [0.25, 0.3) is 28.1 Å². The highest BCUT2D eigenvalue weighted by Crippen LogP contribution is 2.31. The van der Waals surface area contributed by atoms with Crippen LogP contribution in [-0.2, 0) is 5.75 Å². The molecule has 2 aromatic carbocycles. The van der Waals surface area contributed by atoms with Crippen molar-refractivity contribution in [2.24, 2.45) is 0 Å². The van der Waals surface area contributed by atoms with Crippen molar-refractivity contribution in [2.45, 2.75) is 17.7 Å². The molecule has 0 amide bonds. The average Bonchev–Trinajstić information content (AvgIpc) is 3.38. The highest BCUT2D eigenvalue weighted by atomic mass is 32.2. The van der Waals surface area contributed by atoms with Gasteiger partial charge in [-0.3, -0.25) is 4.40 Å². The fourth-order valence-corrected chi connectivity index (χ4v) is 4.27. The Kier molecular flexibility index (Phi) is 4.26. The Balaban J connectivity index is 1.53. The van der Waals surface area contributed by atoms with Gasteiger partial charge in [-0.1, -0.05) is 42.1 Å². The molecule has 0 aliphatic carbocycles. The molecular weight excluding hydrogens is 382 g/mol. The molecule has 5 rings (SSSR count). The molecular formula is C22H15N5OS. The van der Waals surface area contributed by atoms with Crippen LogP contribution >= 0.6 is 11.8 Å². The first kappa shape index (κ1) is 17.5. The largest absolute Gasteiger partial charge is 0.420 e. The molecule has 29 heavy (non-hydrogen) atoms. The molecule has 0 atom stereocenters. The second kappa shape index (κ2) is 7.08. The summed E-state index contributed by atoms with van der Waals surface area (Å²) in [4.78, 5) is 4.68. The molecule has 0 radical (unpaired) electrons. The number of hydrogen-bond acceptors (Lipinski definition) is 6. The highest BCUT2D eigenvalue weighted by Gasteiger charge is 2.16. The Morgan fingerprint density at radius 1 is 1.07 bits per heavy atom. The number of thioether (sulfide) groups is 1. The number of benzene rings is 2. The Hall–Kier alpha value is -3.63. The van der Waals surface area contributed by atoms with E-state index < -0.39 is 0 Å². The maximum absolute atomic E-state index is 9.61. The van der Waals surface area contributed by atoms with E-state index in [-0.39, 0.29) is 0 Å². The SMILES string of the molecule is Cc1cc(SCc2nnc(-c3ccccc3)o2)n2c(nc3ccccc32)c1C#N. The minimum Gasteiger partial charge on any atom is -0.420 e. The molecule has 7 heteroatoms.